The van der Waals surface area contributed by atoms with Crippen molar-refractivity contribution in [2.75, 3.05) is 0 Å². The van der Waals surface area contributed by atoms with Gasteiger partial charge in [0.05, 0.1) is 22.1 Å². The standard InChI is InChI=1S/C41H27NO/c1-2-9-31-26-32(22-21-29(31)8-1)30-19-16-27(17-20-30)24-28-18-23-35-40(25-28)43-39-15-7-14-38(41(35)39)42-36-12-5-3-10-33(36)34-11-4-6-13-37(34)42/h1-23,25-26H,24H2. The lowest BCUT2D eigenvalue weighted by Crippen LogP contribution is -1.94. The monoisotopic (exact) mass is 549 g/mol. The van der Waals surface area contributed by atoms with Crippen LogP contribution in [0.1, 0.15) is 11.1 Å². The van der Waals surface area contributed by atoms with Crippen molar-refractivity contribution in [1.82, 2.24) is 4.57 Å². The molecule has 43 heavy (non-hydrogen) atoms. The lowest BCUT2D eigenvalue weighted by molar-refractivity contribution is 0.668. The molecule has 0 fully saturated rings. The first-order valence-corrected chi connectivity index (χ1v) is 14.8. The van der Waals surface area contributed by atoms with Crippen LogP contribution in [0.2, 0.25) is 0 Å². The molecule has 0 saturated carbocycles. The molecule has 0 atom stereocenters. The smallest absolute Gasteiger partial charge is 0.137 e. The van der Waals surface area contributed by atoms with E-state index in [0.29, 0.717) is 0 Å². The molecule has 2 heteroatoms. The maximum atomic E-state index is 6.49. The van der Waals surface area contributed by atoms with Gasteiger partial charge in [-0.05, 0) is 75.8 Å². The number of para-hydroxylation sites is 2. The summed E-state index contributed by atoms with van der Waals surface area (Å²) in [5.74, 6) is 0. The minimum Gasteiger partial charge on any atom is -0.456 e. The van der Waals surface area contributed by atoms with Crippen molar-refractivity contribution >= 4 is 54.5 Å². The van der Waals surface area contributed by atoms with Crippen LogP contribution < -0.4 is 0 Å². The predicted octanol–water partition coefficient (Wildman–Crippen LogP) is 11.1. The maximum Gasteiger partial charge on any atom is 0.137 e. The van der Waals surface area contributed by atoms with Gasteiger partial charge < -0.3 is 8.98 Å². The lowest BCUT2D eigenvalue weighted by atomic mass is 9.98. The summed E-state index contributed by atoms with van der Waals surface area (Å²) in [6, 6.07) is 54.5. The Morgan fingerprint density at radius 1 is 0.442 bits per heavy atom. The topological polar surface area (TPSA) is 18.1 Å². The van der Waals surface area contributed by atoms with Crippen LogP contribution in [0.5, 0.6) is 0 Å². The third-order valence-electron chi connectivity index (χ3n) is 8.81. The summed E-state index contributed by atoms with van der Waals surface area (Å²) in [6.07, 6.45) is 0.852. The number of rotatable bonds is 4. The largest absolute Gasteiger partial charge is 0.456 e. The van der Waals surface area contributed by atoms with Crippen molar-refractivity contribution < 1.29 is 4.42 Å². The molecule has 0 aliphatic rings. The molecule has 0 saturated heterocycles. The second-order valence-electron chi connectivity index (χ2n) is 11.4. The summed E-state index contributed by atoms with van der Waals surface area (Å²) >= 11 is 0. The van der Waals surface area contributed by atoms with Crippen LogP contribution in [-0.2, 0) is 6.42 Å². The van der Waals surface area contributed by atoms with Crippen molar-refractivity contribution in [3.63, 3.8) is 0 Å². The molecule has 2 heterocycles. The van der Waals surface area contributed by atoms with Crippen molar-refractivity contribution in [3.05, 3.63) is 163 Å². The highest BCUT2D eigenvalue weighted by atomic mass is 16.3. The Balaban J connectivity index is 1.09. The molecule has 0 bridgehead atoms. The van der Waals surface area contributed by atoms with Gasteiger partial charge in [0.25, 0.3) is 0 Å². The van der Waals surface area contributed by atoms with Crippen LogP contribution in [0.25, 0.3) is 71.3 Å². The van der Waals surface area contributed by atoms with Gasteiger partial charge in [-0.3, -0.25) is 0 Å². The molecule has 0 aliphatic heterocycles. The zero-order valence-corrected chi connectivity index (χ0v) is 23.5. The molecule has 202 valence electrons. The minimum absolute atomic E-state index is 0.852. The van der Waals surface area contributed by atoms with Gasteiger partial charge in [0.1, 0.15) is 11.2 Å². The van der Waals surface area contributed by atoms with Gasteiger partial charge in [-0.15, -0.1) is 0 Å². The summed E-state index contributed by atoms with van der Waals surface area (Å²) < 4.78 is 8.87. The molecule has 9 aromatic rings. The summed E-state index contributed by atoms with van der Waals surface area (Å²) in [5, 5.41) is 7.35. The average Bonchev–Trinajstić information content (AvgIpc) is 3.60. The fraction of sp³-hybridized carbons (Fsp3) is 0.0244. The van der Waals surface area contributed by atoms with Crippen LogP contribution in [0.15, 0.2) is 156 Å². The van der Waals surface area contributed by atoms with E-state index in [2.05, 4.69) is 156 Å². The fourth-order valence-corrected chi connectivity index (χ4v) is 6.75. The van der Waals surface area contributed by atoms with Crippen molar-refractivity contribution in [1.29, 1.82) is 0 Å². The Morgan fingerprint density at radius 3 is 1.91 bits per heavy atom. The van der Waals surface area contributed by atoms with E-state index in [0.717, 1.165) is 34.0 Å². The highest BCUT2D eigenvalue weighted by Crippen LogP contribution is 2.39. The van der Waals surface area contributed by atoms with Gasteiger partial charge in [-0.25, -0.2) is 0 Å². The molecule has 0 aliphatic carbocycles. The van der Waals surface area contributed by atoms with Gasteiger partial charge in [0.2, 0.25) is 0 Å². The van der Waals surface area contributed by atoms with Crippen LogP contribution in [0.4, 0.5) is 0 Å². The third-order valence-corrected chi connectivity index (χ3v) is 8.81. The second kappa shape index (κ2) is 9.47. The Bertz CT molecular complexity index is 2420. The molecule has 0 N–H and O–H groups in total. The highest BCUT2D eigenvalue weighted by Gasteiger charge is 2.17. The first-order chi connectivity index (χ1) is 21.3. The average molecular weight is 550 g/mol. The number of nitrogens with zero attached hydrogens (tertiary/aromatic N) is 1. The highest BCUT2D eigenvalue weighted by molar-refractivity contribution is 6.14. The van der Waals surface area contributed by atoms with Crippen LogP contribution in [0, 0.1) is 0 Å². The quantitative estimate of drug-likeness (QED) is 0.213. The van der Waals surface area contributed by atoms with E-state index >= 15 is 0 Å². The summed E-state index contributed by atoms with van der Waals surface area (Å²) in [6.45, 7) is 0. The van der Waals surface area contributed by atoms with Crippen molar-refractivity contribution in [3.8, 4) is 16.8 Å². The van der Waals surface area contributed by atoms with E-state index in [1.807, 2.05) is 0 Å². The molecule has 2 nitrogen and oxygen atoms in total. The molecule has 0 radical (unpaired) electrons. The van der Waals surface area contributed by atoms with E-state index in [9.17, 15) is 0 Å². The first-order valence-electron chi connectivity index (χ1n) is 14.8. The summed E-state index contributed by atoms with van der Waals surface area (Å²) in [7, 11) is 0. The number of hydrogen-bond donors (Lipinski definition) is 0. The fourth-order valence-electron chi connectivity index (χ4n) is 6.75. The number of hydrogen-bond acceptors (Lipinski definition) is 1. The molecule has 0 spiro atoms. The number of benzene rings is 7. The molecule has 0 amide bonds. The number of furan rings is 1. The molecule has 0 unspecified atom stereocenters. The van der Waals surface area contributed by atoms with E-state index in [-0.39, 0.29) is 0 Å². The van der Waals surface area contributed by atoms with Gasteiger partial charge >= 0.3 is 0 Å². The second-order valence-corrected chi connectivity index (χ2v) is 11.4. The van der Waals surface area contributed by atoms with E-state index in [1.54, 1.807) is 0 Å². The van der Waals surface area contributed by atoms with E-state index < -0.39 is 0 Å². The van der Waals surface area contributed by atoms with Crippen LogP contribution >= 0.6 is 0 Å². The van der Waals surface area contributed by atoms with Gasteiger partial charge in [-0.2, -0.15) is 0 Å². The zero-order valence-electron chi connectivity index (χ0n) is 23.5. The number of fused-ring (bicyclic) bond motifs is 7. The third kappa shape index (κ3) is 3.88. The predicted molar refractivity (Wildman–Crippen MR) is 180 cm³/mol. The van der Waals surface area contributed by atoms with Crippen molar-refractivity contribution in [2.24, 2.45) is 0 Å². The van der Waals surface area contributed by atoms with Gasteiger partial charge in [0, 0.05) is 16.2 Å². The molecule has 7 aromatic carbocycles. The van der Waals surface area contributed by atoms with Crippen LogP contribution in [0.3, 0.4) is 0 Å². The maximum absolute atomic E-state index is 6.49. The Labute approximate surface area is 249 Å². The molecular formula is C41H27NO. The summed E-state index contributed by atoms with van der Waals surface area (Å²) in [5.41, 5.74) is 10.4. The molecule has 2 aromatic heterocycles. The summed E-state index contributed by atoms with van der Waals surface area (Å²) in [4.78, 5) is 0. The number of aromatic nitrogens is 1. The SMILES string of the molecule is c1ccc2cc(-c3ccc(Cc4ccc5c(c4)oc4cccc(-n6c7ccccc7c7ccccc76)c45)cc3)ccc2c1. The molecule has 9 rings (SSSR count). The van der Waals surface area contributed by atoms with Crippen molar-refractivity contribution in [2.45, 2.75) is 6.42 Å². The lowest BCUT2D eigenvalue weighted by Gasteiger charge is -2.09. The van der Waals surface area contributed by atoms with Gasteiger partial charge in [0.15, 0.2) is 0 Å². The van der Waals surface area contributed by atoms with Crippen LogP contribution in [-0.4, -0.2) is 4.57 Å². The Morgan fingerprint density at radius 2 is 1.12 bits per heavy atom. The minimum atomic E-state index is 0.852. The van der Waals surface area contributed by atoms with Gasteiger partial charge in [-0.1, -0.05) is 115 Å². The first kappa shape index (κ1) is 24.0. The zero-order chi connectivity index (χ0) is 28.3. The Kier molecular flexibility index (Phi) is 5.30. The molecular weight excluding hydrogens is 522 g/mol. The normalized spacial score (nSPS) is 11.8. The van der Waals surface area contributed by atoms with E-state index in [1.165, 1.54) is 54.8 Å². The Hall–Kier alpha value is -5.60. The van der Waals surface area contributed by atoms with E-state index in [4.69, 9.17) is 4.42 Å².